The lowest BCUT2D eigenvalue weighted by Gasteiger charge is -2.22. The lowest BCUT2D eigenvalue weighted by atomic mass is 10.1. The zero-order valence-corrected chi connectivity index (χ0v) is 21.2. The number of anilines is 2. The van der Waals surface area contributed by atoms with Crippen molar-refractivity contribution in [2.24, 2.45) is 0 Å². The number of nitrogens with zero attached hydrogens (tertiary/aromatic N) is 4. The van der Waals surface area contributed by atoms with E-state index in [0.29, 0.717) is 20.6 Å². The summed E-state index contributed by atoms with van der Waals surface area (Å²) in [5, 5.41) is 2.26. The summed E-state index contributed by atoms with van der Waals surface area (Å²) in [4.78, 5) is 34.5. The monoisotopic (exact) mass is 521 g/mol. The highest BCUT2D eigenvalue weighted by Gasteiger charge is 2.31. The number of benzene rings is 2. The van der Waals surface area contributed by atoms with E-state index in [1.165, 1.54) is 0 Å². The maximum Gasteiger partial charge on any atom is 0.344 e. The van der Waals surface area contributed by atoms with Crippen LogP contribution in [0.3, 0.4) is 0 Å². The SMILES string of the molecule is CN(C)C1CCN(c2ccc(Cl)c(C(=O)NC(=O)N(c3nc4ccccc4s3)S(C)(=O)=O)c2)C1. The molecule has 1 saturated heterocycles. The van der Waals surface area contributed by atoms with Gasteiger partial charge in [-0.2, -0.15) is 4.31 Å². The van der Waals surface area contributed by atoms with Gasteiger partial charge in [0.05, 0.1) is 27.1 Å². The first-order valence-corrected chi connectivity index (χ1v) is 13.5. The fourth-order valence-corrected chi connectivity index (χ4v) is 6.09. The number of amides is 3. The molecule has 1 aliphatic rings. The van der Waals surface area contributed by atoms with E-state index < -0.39 is 22.0 Å². The molecule has 1 fully saturated rings. The number of nitrogens with one attached hydrogen (secondary N) is 1. The number of carbonyl (C=O) groups excluding carboxylic acids is 2. The molecule has 34 heavy (non-hydrogen) atoms. The van der Waals surface area contributed by atoms with Gasteiger partial charge in [-0.25, -0.2) is 18.2 Å². The summed E-state index contributed by atoms with van der Waals surface area (Å²) >= 11 is 7.29. The molecule has 180 valence electrons. The number of thiazole rings is 1. The molecule has 0 aliphatic carbocycles. The van der Waals surface area contributed by atoms with Crippen LogP contribution in [0.2, 0.25) is 5.02 Å². The molecule has 1 aliphatic heterocycles. The van der Waals surface area contributed by atoms with Gasteiger partial charge in [-0.3, -0.25) is 10.1 Å². The number of sulfonamides is 1. The van der Waals surface area contributed by atoms with E-state index in [9.17, 15) is 18.0 Å². The van der Waals surface area contributed by atoms with E-state index >= 15 is 0 Å². The largest absolute Gasteiger partial charge is 0.370 e. The third-order valence-electron chi connectivity index (χ3n) is 5.65. The Morgan fingerprint density at radius 2 is 1.94 bits per heavy atom. The van der Waals surface area contributed by atoms with Crippen molar-refractivity contribution >= 4 is 65.9 Å². The van der Waals surface area contributed by atoms with Gasteiger partial charge in [-0.1, -0.05) is 35.1 Å². The summed E-state index contributed by atoms with van der Waals surface area (Å²) in [5.41, 5.74) is 1.43. The fraction of sp³-hybridized carbons (Fsp3) is 0.318. The molecule has 3 aromatic rings. The van der Waals surface area contributed by atoms with Crippen LogP contribution in [0.4, 0.5) is 15.6 Å². The number of urea groups is 1. The fourth-order valence-electron chi connectivity index (χ4n) is 3.82. The molecule has 1 atom stereocenters. The van der Waals surface area contributed by atoms with Crippen molar-refractivity contribution in [1.29, 1.82) is 0 Å². The van der Waals surface area contributed by atoms with Crippen LogP contribution in [-0.2, 0) is 10.0 Å². The minimum atomic E-state index is -4.07. The predicted octanol–water partition coefficient (Wildman–Crippen LogP) is 3.41. The zero-order chi connectivity index (χ0) is 24.6. The first-order valence-electron chi connectivity index (χ1n) is 10.5. The summed E-state index contributed by atoms with van der Waals surface area (Å²) in [6, 6.07) is 11.3. The topological polar surface area (TPSA) is 103 Å². The van der Waals surface area contributed by atoms with Gasteiger partial charge in [0, 0.05) is 24.8 Å². The third kappa shape index (κ3) is 5.02. The molecule has 9 nitrogen and oxygen atoms in total. The summed E-state index contributed by atoms with van der Waals surface area (Å²) in [5.74, 6) is -0.796. The van der Waals surface area contributed by atoms with E-state index in [1.54, 1.807) is 36.4 Å². The summed E-state index contributed by atoms with van der Waals surface area (Å²) < 4.78 is 26.1. The van der Waals surface area contributed by atoms with Gasteiger partial charge in [0.1, 0.15) is 0 Å². The lowest BCUT2D eigenvalue weighted by molar-refractivity contribution is 0.0966. The number of likely N-dealkylation sites (N-methyl/N-ethyl adjacent to an activating group) is 1. The standard InChI is InChI=1S/C22H24ClN5O4S2/c1-26(2)15-10-11-27(13-15)14-8-9-17(23)16(12-14)20(29)25-21(30)28(34(3,31)32)22-24-18-6-4-5-7-19(18)33-22/h4-9,12,15H,10-11,13H2,1-3H3,(H,25,29,30). The van der Waals surface area contributed by atoms with Crippen LogP contribution in [0.1, 0.15) is 16.8 Å². The molecule has 1 aromatic heterocycles. The molecule has 1 unspecified atom stereocenters. The number of fused-ring (bicyclic) bond motifs is 1. The Hall–Kier alpha value is -2.73. The van der Waals surface area contributed by atoms with Gasteiger partial charge in [-0.05, 0) is 50.8 Å². The van der Waals surface area contributed by atoms with Gasteiger partial charge >= 0.3 is 6.03 Å². The first-order chi connectivity index (χ1) is 16.0. The molecule has 12 heteroatoms. The van der Waals surface area contributed by atoms with Crippen LogP contribution in [0.5, 0.6) is 0 Å². The molecule has 0 saturated carbocycles. The smallest absolute Gasteiger partial charge is 0.344 e. The average Bonchev–Trinajstić information content (AvgIpc) is 3.40. The lowest BCUT2D eigenvalue weighted by Crippen LogP contribution is -2.46. The summed E-state index contributed by atoms with van der Waals surface area (Å²) in [7, 11) is -0.0127. The molecular weight excluding hydrogens is 498 g/mol. The number of carbonyl (C=O) groups is 2. The number of aromatic nitrogens is 1. The van der Waals surface area contributed by atoms with Crippen molar-refractivity contribution in [2.45, 2.75) is 12.5 Å². The Balaban J connectivity index is 1.58. The Kier molecular flexibility index (Phi) is 6.81. The second-order valence-electron chi connectivity index (χ2n) is 8.27. The molecule has 2 heterocycles. The summed E-state index contributed by atoms with van der Waals surface area (Å²) in [6.45, 7) is 1.62. The third-order valence-corrected chi connectivity index (χ3v) is 8.12. The average molecular weight is 522 g/mol. The molecule has 0 bridgehead atoms. The Morgan fingerprint density at radius 3 is 2.59 bits per heavy atom. The van der Waals surface area contributed by atoms with Crippen molar-refractivity contribution in [2.75, 3.05) is 42.6 Å². The van der Waals surface area contributed by atoms with Crippen LogP contribution in [0.15, 0.2) is 42.5 Å². The van der Waals surface area contributed by atoms with Gasteiger partial charge in [0.25, 0.3) is 5.91 Å². The van der Waals surface area contributed by atoms with E-state index in [2.05, 4.69) is 20.1 Å². The highest BCUT2D eigenvalue weighted by molar-refractivity contribution is 7.93. The number of para-hydroxylation sites is 1. The number of rotatable bonds is 5. The number of halogens is 1. The van der Waals surface area contributed by atoms with Gasteiger partial charge in [0.15, 0.2) is 0 Å². The predicted molar refractivity (Wildman–Crippen MR) is 136 cm³/mol. The van der Waals surface area contributed by atoms with E-state index in [0.717, 1.165) is 42.8 Å². The summed E-state index contributed by atoms with van der Waals surface area (Å²) in [6.07, 6.45) is 1.87. The van der Waals surface area contributed by atoms with Crippen molar-refractivity contribution in [3.05, 3.63) is 53.1 Å². The Bertz CT molecular complexity index is 1330. The molecular formula is C22H24ClN5O4S2. The van der Waals surface area contributed by atoms with Crippen LogP contribution in [0.25, 0.3) is 10.2 Å². The molecule has 0 radical (unpaired) electrons. The Morgan fingerprint density at radius 1 is 1.21 bits per heavy atom. The second kappa shape index (κ2) is 9.49. The quantitative estimate of drug-likeness (QED) is 0.548. The van der Waals surface area contributed by atoms with Crippen molar-refractivity contribution in [3.63, 3.8) is 0 Å². The van der Waals surface area contributed by atoms with Crippen LogP contribution >= 0.6 is 22.9 Å². The maximum atomic E-state index is 13.0. The second-order valence-corrected chi connectivity index (χ2v) is 11.5. The highest BCUT2D eigenvalue weighted by Crippen LogP contribution is 2.31. The minimum absolute atomic E-state index is 0.0550. The van der Waals surface area contributed by atoms with Gasteiger partial charge in [0.2, 0.25) is 15.2 Å². The minimum Gasteiger partial charge on any atom is -0.370 e. The van der Waals surface area contributed by atoms with Crippen molar-refractivity contribution in [1.82, 2.24) is 15.2 Å². The van der Waals surface area contributed by atoms with E-state index in [1.807, 2.05) is 20.2 Å². The van der Waals surface area contributed by atoms with Gasteiger partial charge in [-0.15, -0.1) is 0 Å². The number of hydrogen-bond donors (Lipinski definition) is 1. The molecule has 0 spiro atoms. The van der Waals surface area contributed by atoms with Gasteiger partial charge < -0.3 is 9.80 Å². The molecule has 3 amide bonds. The highest BCUT2D eigenvalue weighted by atomic mass is 35.5. The van der Waals surface area contributed by atoms with Crippen molar-refractivity contribution in [3.8, 4) is 0 Å². The van der Waals surface area contributed by atoms with Crippen LogP contribution in [-0.4, -0.2) is 69.7 Å². The van der Waals surface area contributed by atoms with E-state index in [-0.39, 0.29) is 15.7 Å². The zero-order valence-electron chi connectivity index (χ0n) is 18.9. The normalized spacial score (nSPS) is 16.3. The number of imide groups is 1. The van der Waals surface area contributed by atoms with Crippen molar-refractivity contribution < 1.29 is 18.0 Å². The molecule has 2 aromatic carbocycles. The van der Waals surface area contributed by atoms with Crippen LogP contribution in [0, 0.1) is 0 Å². The Labute approximate surface area is 207 Å². The van der Waals surface area contributed by atoms with E-state index in [4.69, 9.17) is 11.6 Å². The number of hydrogen-bond acceptors (Lipinski definition) is 8. The first kappa shape index (κ1) is 24.4. The van der Waals surface area contributed by atoms with Crippen LogP contribution < -0.4 is 14.5 Å². The molecule has 4 rings (SSSR count). The molecule has 1 N–H and O–H groups in total. The maximum absolute atomic E-state index is 13.0.